The number of hydrogen-bond acceptors (Lipinski definition) is 2. The molecule has 0 fully saturated rings. The zero-order valence-corrected chi connectivity index (χ0v) is 12.0. The summed E-state index contributed by atoms with van der Waals surface area (Å²) in [5.41, 5.74) is 1.48. The zero-order valence-electron chi connectivity index (χ0n) is 12.0. The molecule has 2 aromatic rings. The Morgan fingerprint density at radius 2 is 1.76 bits per heavy atom. The van der Waals surface area contributed by atoms with Crippen LogP contribution in [0.25, 0.3) is 0 Å². The zero-order chi connectivity index (χ0) is 15.1. The number of hydrogen-bond donors (Lipinski definition) is 2. The summed E-state index contributed by atoms with van der Waals surface area (Å²) in [5.74, 6) is -0.401. The van der Waals surface area contributed by atoms with E-state index >= 15 is 0 Å². The van der Waals surface area contributed by atoms with E-state index in [1.54, 1.807) is 25.1 Å². The van der Waals surface area contributed by atoms with Gasteiger partial charge in [-0.05, 0) is 25.1 Å². The molecular formula is C17H19FN2O. The van der Waals surface area contributed by atoms with Gasteiger partial charge in [0, 0.05) is 24.2 Å². The van der Waals surface area contributed by atoms with Crippen molar-refractivity contribution in [2.45, 2.75) is 19.4 Å². The molecule has 2 aromatic carbocycles. The molecule has 0 bridgehead atoms. The molecule has 110 valence electrons. The molecule has 4 heteroatoms. The van der Waals surface area contributed by atoms with Crippen LogP contribution in [0.5, 0.6) is 0 Å². The Kier molecular flexibility index (Phi) is 5.32. The molecule has 2 N–H and O–H groups in total. The molecule has 0 aliphatic rings. The third kappa shape index (κ3) is 4.60. The Labute approximate surface area is 124 Å². The predicted molar refractivity (Wildman–Crippen MR) is 82.5 cm³/mol. The average Bonchev–Trinajstić information content (AvgIpc) is 2.48. The second kappa shape index (κ2) is 7.43. The minimum Gasteiger partial charge on any atom is -0.385 e. The van der Waals surface area contributed by atoms with Gasteiger partial charge in [0.05, 0.1) is 6.04 Å². The maximum absolute atomic E-state index is 13.6. The SMILES string of the molecule is C[C@H](NC(=O)CCNc1ccccc1)c1ccccc1F. The van der Waals surface area contributed by atoms with Crippen LogP contribution >= 0.6 is 0 Å². The van der Waals surface area contributed by atoms with Crippen molar-refractivity contribution in [2.24, 2.45) is 0 Å². The molecule has 0 heterocycles. The van der Waals surface area contributed by atoms with Crippen LogP contribution in [-0.4, -0.2) is 12.5 Å². The minimum absolute atomic E-state index is 0.103. The Morgan fingerprint density at radius 1 is 1.10 bits per heavy atom. The second-order valence-electron chi connectivity index (χ2n) is 4.85. The molecule has 0 aliphatic heterocycles. The highest BCUT2D eigenvalue weighted by atomic mass is 19.1. The van der Waals surface area contributed by atoms with Gasteiger partial charge >= 0.3 is 0 Å². The van der Waals surface area contributed by atoms with Crippen LogP contribution in [0.2, 0.25) is 0 Å². The Hall–Kier alpha value is -2.36. The van der Waals surface area contributed by atoms with E-state index in [2.05, 4.69) is 10.6 Å². The molecule has 0 radical (unpaired) electrons. The molecular weight excluding hydrogens is 267 g/mol. The minimum atomic E-state index is -0.338. The number of rotatable bonds is 6. The fourth-order valence-electron chi connectivity index (χ4n) is 2.09. The van der Waals surface area contributed by atoms with Crippen LogP contribution in [0, 0.1) is 5.82 Å². The smallest absolute Gasteiger partial charge is 0.222 e. The lowest BCUT2D eigenvalue weighted by Crippen LogP contribution is -2.28. The number of nitrogens with one attached hydrogen (secondary N) is 2. The van der Waals surface area contributed by atoms with Crippen LogP contribution in [0.15, 0.2) is 54.6 Å². The van der Waals surface area contributed by atoms with Crippen LogP contribution < -0.4 is 10.6 Å². The Morgan fingerprint density at radius 3 is 2.48 bits per heavy atom. The first-order valence-electron chi connectivity index (χ1n) is 6.99. The molecule has 0 aliphatic carbocycles. The van der Waals surface area contributed by atoms with Gasteiger partial charge in [-0.25, -0.2) is 4.39 Å². The monoisotopic (exact) mass is 286 g/mol. The summed E-state index contributed by atoms with van der Waals surface area (Å²) in [5, 5.41) is 5.97. The van der Waals surface area contributed by atoms with E-state index in [9.17, 15) is 9.18 Å². The topological polar surface area (TPSA) is 41.1 Å². The summed E-state index contributed by atoms with van der Waals surface area (Å²) < 4.78 is 13.6. The van der Waals surface area contributed by atoms with E-state index < -0.39 is 0 Å². The fourth-order valence-corrected chi connectivity index (χ4v) is 2.09. The molecule has 1 atom stereocenters. The van der Waals surface area contributed by atoms with E-state index in [4.69, 9.17) is 0 Å². The van der Waals surface area contributed by atoms with Crippen LogP contribution in [0.4, 0.5) is 10.1 Å². The van der Waals surface area contributed by atoms with E-state index in [-0.39, 0.29) is 17.8 Å². The largest absolute Gasteiger partial charge is 0.385 e. The molecule has 2 rings (SSSR count). The van der Waals surface area contributed by atoms with Crippen LogP contribution in [-0.2, 0) is 4.79 Å². The number of benzene rings is 2. The maximum Gasteiger partial charge on any atom is 0.222 e. The molecule has 0 saturated heterocycles. The van der Waals surface area contributed by atoms with Crippen LogP contribution in [0.3, 0.4) is 0 Å². The van der Waals surface area contributed by atoms with Gasteiger partial charge in [0.1, 0.15) is 5.82 Å². The summed E-state index contributed by atoms with van der Waals surface area (Å²) in [6, 6.07) is 15.8. The number of anilines is 1. The number of amides is 1. The molecule has 1 amide bonds. The van der Waals surface area contributed by atoms with Crippen molar-refractivity contribution in [1.29, 1.82) is 0 Å². The highest BCUT2D eigenvalue weighted by Crippen LogP contribution is 2.16. The Balaban J connectivity index is 1.78. The summed E-state index contributed by atoms with van der Waals surface area (Å²) in [6.45, 7) is 2.32. The normalized spacial score (nSPS) is 11.7. The van der Waals surface area contributed by atoms with E-state index in [1.807, 2.05) is 30.3 Å². The summed E-state index contributed by atoms with van der Waals surface area (Å²) >= 11 is 0. The van der Waals surface area contributed by atoms with Crippen molar-refractivity contribution in [3.8, 4) is 0 Å². The fraction of sp³-hybridized carbons (Fsp3) is 0.235. The van der Waals surface area contributed by atoms with Crippen molar-refractivity contribution in [3.05, 3.63) is 66.0 Å². The lowest BCUT2D eigenvalue weighted by Gasteiger charge is -2.15. The van der Waals surface area contributed by atoms with Crippen molar-refractivity contribution >= 4 is 11.6 Å². The molecule has 0 saturated carbocycles. The average molecular weight is 286 g/mol. The van der Waals surface area contributed by atoms with Crippen molar-refractivity contribution in [3.63, 3.8) is 0 Å². The highest BCUT2D eigenvalue weighted by Gasteiger charge is 2.12. The van der Waals surface area contributed by atoms with Gasteiger partial charge in [-0.15, -0.1) is 0 Å². The van der Waals surface area contributed by atoms with E-state index in [0.717, 1.165) is 5.69 Å². The molecule has 0 aromatic heterocycles. The van der Waals surface area contributed by atoms with Gasteiger partial charge in [0.2, 0.25) is 5.91 Å². The van der Waals surface area contributed by atoms with Gasteiger partial charge in [0.25, 0.3) is 0 Å². The van der Waals surface area contributed by atoms with Crippen molar-refractivity contribution in [1.82, 2.24) is 5.32 Å². The van der Waals surface area contributed by atoms with E-state index in [0.29, 0.717) is 18.5 Å². The summed E-state index contributed by atoms with van der Waals surface area (Å²) in [4.78, 5) is 11.9. The standard InChI is InChI=1S/C17H19FN2O/c1-13(15-9-5-6-10-16(15)18)20-17(21)11-12-19-14-7-3-2-4-8-14/h2-10,13,19H,11-12H2,1H3,(H,20,21)/t13-/m0/s1. The number of carbonyl (C=O) groups excluding carboxylic acids is 1. The third-order valence-corrected chi connectivity index (χ3v) is 3.20. The first kappa shape index (κ1) is 15.0. The second-order valence-corrected chi connectivity index (χ2v) is 4.85. The number of carbonyl (C=O) groups is 1. The predicted octanol–water partition coefficient (Wildman–Crippen LogP) is 3.51. The lowest BCUT2D eigenvalue weighted by molar-refractivity contribution is -0.121. The van der Waals surface area contributed by atoms with Gasteiger partial charge in [-0.1, -0.05) is 36.4 Å². The number of halogens is 1. The van der Waals surface area contributed by atoms with Gasteiger partial charge in [0.15, 0.2) is 0 Å². The van der Waals surface area contributed by atoms with Crippen molar-refractivity contribution in [2.75, 3.05) is 11.9 Å². The van der Waals surface area contributed by atoms with E-state index in [1.165, 1.54) is 6.07 Å². The number of para-hydroxylation sites is 1. The third-order valence-electron chi connectivity index (χ3n) is 3.20. The summed E-state index contributed by atoms with van der Waals surface area (Å²) in [7, 11) is 0. The summed E-state index contributed by atoms with van der Waals surface area (Å²) in [6.07, 6.45) is 0.341. The van der Waals surface area contributed by atoms with Gasteiger partial charge < -0.3 is 10.6 Å². The van der Waals surface area contributed by atoms with Gasteiger partial charge in [-0.2, -0.15) is 0 Å². The first-order chi connectivity index (χ1) is 10.2. The molecule has 3 nitrogen and oxygen atoms in total. The van der Waals surface area contributed by atoms with Crippen LogP contribution in [0.1, 0.15) is 24.9 Å². The molecule has 21 heavy (non-hydrogen) atoms. The highest BCUT2D eigenvalue weighted by molar-refractivity contribution is 5.77. The van der Waals surface area contributed by atoms with Gasteiger partial charge in [-0.3, -0.25) is 4.79 Å². The molecule has 0 spiro atoms. The quantitative estimate of drug-likeness (QED) is 0.853. The maximum atomic E-state index is 13.6. The van der Waals surface area contributed by atoms with Crippen molar-refractivity contribution < 1.29 is 9.18 Å². The lowest BCUT2D eigenvalue weighted by atomic mass is 10.1. The first-order valence-corrected chi connectivity index (χ1v) is 6.99. The molecule has 0 unspecified atom stereocenters. The Bertz CT molecular complexity index is 586.